The van der Waals surface area contributed by atoms with Crippen LogP contribution >= 0.6 is 0 Å². The molecular weight excluding hydrogens is 496 g/mol. The molecule has 3 aromatic carbocycles. The molecular formula is C26H24N4O6S. The maximum absolute atomic E-state index is 13.1. The molecule has 5 rings (SSSR count). The number of anilines is 2. The van der Waals surface area contributed by atoms with Gasteiger partial charge in [0.25, 0.3) is 15.9 Å². The second-order valence-corrected chi connectivity index (χ2v) is 10.7. The van der Waals surface area contributed by atoms with E-state index in [2.05, 4.69) is 10.6 Å². The van der Waals surface area contributed by atoms with Gasteiger partial charge in [0, 0.05) is 30.2 Å². The molecule has 2 aliphatic rings. The van der Waals surface area contributed by atoms with Gasteiger partial charge in [0.1, 0.15) is 5.75 Å². The molecule has 37 heavy (non-hydrogen) atoms. The van der Waals surface area contributed by atoms with Crippen molar-refractivity contribution in [1.82, 2.24) is 10.0 Å². The van der Waals surface area contributed by atoms with E-state index in [1.807, 2.05) is 35.9 Å². The molecule has 3 N–H and O–H groups in total. The van der Waals surface area contributed by atoms with Gasteiger partial charge in [-0.25, -0.2) is 17.9 Å². The maximum atomic E-state index is 13.1. The summed E-state index contributed by atoms with van der Waals surface area (Å²) in [6, 6.07) is 19.1. The van der Waals surface area contributed by atoms with Crippen molar-refractivity contribution in [3.05, 3.63) is 83.9 Å². The number of benzene rings is 3. The zero-order valence-corrected chi connectivity index (χ0v) is 20.8. The number of urea groups is 1. The Morgan fingerprint density at radius 1 is 1.05 bits per heavy atom. The van der Waals surface area contributed by atoms with Gasteiger partial charge in [0.2, 0.25) is 5.91 Å². The smallest absolute Gasteiger partial charge is 0.325 e. The van der Waals surface area contributed by atoms with Crippen molar-refractivity contribution >= 4 is 39.2 Å². The van der Waals surface area contributed by atoms with E-state index < -0.39 is 27.6 Å². The summed E-state index contributed by atoms with van der Waals surface area (Å²) in [6.07, 6.45) is 0.528. The number of hydrogen-bond donors (Lipinski definition) is 3. The fraction of sp³-hybridized carbons (Fsp3) is 0.192. The molecule has 0 radical (unpaired) electrons. The summed E-state index contributed by atoms with van der Waals surface area (Å²) in [6.45, 7) is 2.95. The Balaban J connectivity index is 1.36. The van der Waals surface area contributed by atoms with Gasteiger partial charge >= 0.3 is 6.03 Å². The molecule has 0 spiro atoms. The molecule has 2 aliphatic heterocycles. The third kappa shape index (κ3) is 4.60. The van der Waals surface area contributed by atoms with Gasteiger partial charge in [-0.05, 0) is 55.5 Å². The standard InChI is InChI=1S/C26H24N4O6S/c1-16(31)29-37(34,35)20-12-10-18(11-13-20)27-24(32)17-6-5-7-19(14-17)30-25(33)28-22-15-26(30,2)36-23-9-4-3-8-21(22)23/h3-14,22H,15H2,1-2H3,(H,27,32)(H,28,33)(H,29,31). The number of sulfonamides is 1. The van der Waals surface area contributed by atoms with Gasteiger partial charge < -0.3 is 15.4 Å². The number of fused-ring (bicyclic) bond motifs is 4. The molecule has 3 aromatic rings. The Labute approximate surface area is 213 Å². The number of para-hydroxylation sites is 1. The van der Waals surface area contributed by atoms with E-state index in [1.165, 1.54) is 29.2 Å². The highest BCUT2D eigenvalue weighted by atomic mass is 32.2. The van der Waals surface area contributed by atoms with Crippen LogP contribution in [0.5, 0.6) is 5.75 Å². The minimum absolute atomic E-state index is 0.112. The number of hydrogen-bond acceptors (Lipinski definition) is 6. The number of carbonyl (C=O) groups is 3. The lowest BCUT2D eigenvalue weighted by molar-refractivity contribution is -0.117. The summed E-state index contributed by atoms with van der Waals surface area (Å²) >= 11 is 0. The van der Waals surface area contributed by atoms with E-state index in [4.69, 9.17) is 4.74 Å². The molecule has 11 heteroatoms. The second-order valence-electron chi connectivity index (χ2n) is 9.05. The first-order chi connectivity index (χ1) is 17.6. The van der Waals surface area contributed by atoms with Crippen LogP contribution in [0.25, 0.3) is 0 Å². The number of rotatable bonds is 5. The Morgan fingerprint density at radius 3 is 2.51 bits per heavy atom. The number of carbonyl (C=O) groups excluding carboxylic acids is 3. The quantitative estimate of drug-likeness (QED) is 0.471. The first-order valence-electron chi connectivity index (χ1n) is 11.5. The van der Waals surface area contributed by atoms with Gasteiger partial charge in [-0.15, -0.1) is 0 Å². The summed E-state index contributed by atoms with van der Waals surface area (Å²) in [4.78, 5) is 38.6. The Kier molecular flexibility index (Phi) is 5.87. The zero-order chi connectivity index (χ0) is 26.4. The predicted octanol–water partition coefficient (Wildman–Crippen LogP) is 3.53. The van der Waals surface area contributed by atoms with E-state index in [-0.39, 0.29) is 17.0 Å². The molecule has 190 valence electrons. The molecule has 2 bridgehead atoms. The van der Waals surface area contributed by atoms with E-state index in [9.17, 15) is 22.8 Å². The van der Waals surface area contributed by atoms with Gasteiger partial charge in [-0.1, -0.05) is 24.3 Å². The van der Waals surface area contributed by atoms with Crippen LogP contribution < -0.4 is 25.0 Å². The second kappa shape index (κ2) is 8.93. The van der Waals surface area contributed by atoms with Gasteiger partial charge in [0.15, 0.2) is 5.72 Å². The molecule has 0 aliphatic carbocycles. The molecule has 10 nitrogen and oxygen atoms in total. The van der Waals surface area contributed by atoms with Gasteiger partial charge in [0.05, 0.1) is 16.6 Å². The van der Waals surface area contributed by atoms with E-state index in [1.54, 1.807) is 24.3 Å². The Hall–Kier alpha value is -4.38. The van der Waals surface area contributed by atoms with Crippen LogP contribution in [-0.2, 0) is 14.8 Å². The lowest BCUT2D eigenvalue weighted by atomic mass is 9.90. The minimum Gasteiger partial charge on any atom is -0.467 e. The van der Waals surface area contributed by atoms with Crippen LogP contribution in [0.4, 0.5) is 16.2 Å². The van der Waals surface area contributed by atoms with Crippen LogP contribution in [0.1, 0.15) is 42.2 Å². The van der Waals surface area contributed by atoms with Crippen molar-refractivity contribution in [2.75, 3.05) is 10.2 Å². The summed E-state index contributed by atoms with van der Waals surface area (Å²) in [5, 5.41) is 5.74. The third-order valence-corrected chi connectivity index (χ3v) is 7.70. The molecule has 2 unspecified atom stereocenters. The largest absolute Gasteiger partial charge is 0.467 e. The zero-order valence-electron chi connectivity index (χ0n) is 20.0. The highest BCUT2D eigenvalue weighted by Gasteiger charge is 2.49. The maximum Gasteiger partial charge on any atom is 0.325 e. The van der Waals surface area contributed by atoms with Crippen molar-refractivity contribution in [2.45, 2.75) is 36.9 Å². The summed E-state index contributed by atoms with van der Waals surface area (Å²) < 4.78 is 32.4. The lowest BCUT2D eigenvalue weighted by Crippen LogP contribution is -2.65. The number of amides is 4. The van der Waals surface area contributed by atoms with Crippen LogP contribution in [-0.4, -0.2) is 32.0 Å². The highest BCUT2D eigenvalue weighted by Crippen LogP contribution is 2.45. The summed E-state index contributed by atoms with van der Waals surface area (Å²) in [7, 11) is -3.98. The van der Waals surface area contributed by atoms with Crippen LogP contribution in [0.15, 0.2) is 77.7 Å². The molecule has 2 atom stereocenters. The molecule has 4 amide bonds. The number of nitrogens with one attached hydrogen (secondary N) is 3. The predicted molar refractivity (Wildman–Crippen MR) is 136 cm³/mol. The molecule has 0 aromatic heterocycles. The first-order valence-corrected chi connectivity index (χ1v) is 13.0. The average Bonchev–Trinajstić information content (AvgIpc) is 2.83. The van der Waals surface area contributed by atoms with Crippen LogP contribution in [0, 0.1) is 0 Å². The molecule has 0 saturated carbocycles. The van der Waals surface area contributed by atoms with E-state index in [0.29, 0.717) is 29.1 Å². The Morgan fingerprint density at radius 2 is 1.78 bits per heavy atom. The lowest BCUT2D eigenvalue weighted by Gasteiger charge is -2.50. The van der Waals surface area contributed by atoms with E-state index >= 15 is 0 Å². The molecule has 2 heterocycles. The van der Waals surface area contributed by atoms with Gasteiger partial charge in [-0.3, -0.25) is 14.5 Å². The Bertz CT molecular complexity index is 1520. The summed E-state index contributed by atoms with van der Waals surface area (Å²) in [5.41, 5.74) is 1.11. The van der Waals surface area contributed by atoms with Crippen molar-refractivity contribution in [3.63, 3.8) is 0 Å². The van der Waals surface area contributed by atoms with Crippen LogP contribution in [0.3, 0.4) is 0 Å². The molecule has 1 saturated heterocycles. The SMILES string of the molecule is CC(=O)NS(=O)(=O)c1ccc(NC(=O)c2cccc(N3C(=O)NC4CC3(C)Oc3ccccc34)c2)cc1. The van der Waals surface area contributed by atoms with Gasteiger partial charge in [-0.2, -0.15) is 0 Å². The highest BCUT2D eigenvalue weighted by molar-refractivity contribution is 7.90. The fourth-order valence-electron chi connectivity index (χ4n) is 4.67. The monoisotopic (exact) mass is 520 g/mol. The van der Waals surface area contributed by atoms with Crippen molar-refractivity contribution in [2.24, 2.45) is 0 Å². The fourth-order valence-corrected chi connectivity index (χ4v) is 5.66. The van der Waals surface area contributed by atoms with E-state index in [0.717, 1.165) is 12.5 Å². The average molecular weight is 521 g/mol. The van der Waals surface area contributed by atoms with Crippen molar-refractivity contribution < 1.29 is 27.5 Å². The normalized spacial score (nSPS) is 20.2. The minimum atomic E-state index is -3.98. The molecule has 1 fully saturated rings. The number of nitrogens with zero attached hydrogens (tertiary/aromatic N) is 1. The number of ether oxygens (including phenoxy) is 1. The first kappa shape index (κ1) is 24.3. The van der Waals surface area contributed by atoms with Crippen LogP contribution in [0.2, 0.25) is 0 Å². The topological polar surface area (TPSA) is 134 Å². The van der Waals surface area contributed by atoms with Crippen molar-refractivity contribution in [1.29, 1.82) is 0 Å². The third-order valence-electron chi connectivity index (χ3n) is 6.25. The van der Waals surface area contributed by atoms with Crippen molar-refractivity contribution in [3.8, 4) is 5.75 Å². The summed E-state index contributed by atoms with van der Waals surface area (Å²) in [5.74, 6) is -0.453.